The number of rotatable bonds is 2. The van der Waals surface area contributed by atoms with Crippen LogP contribution < -0.4 is 4.74 Å². The zero-order chi connectivity index (χ0) is 14.8. The van der Waals surface area contributed by atoms with Gasteiger partial charge < -0.3 is 9.64 Å². The monoisotopic (exact) mass is 289 g/mol. The first-order valence-corrected chi connectivity index (χ1v) is 6.18. The van der Waals surface area contributed by atoms with Gasteiger partial charge in [-0.2, -0.15) is 18.2 Å². The molecule has 0 N–H and O–H groups in total. The molecule has 1 amide bonds. The van der Waals surface area contributed by atoms with E-state index in [1.165, 1.54) is 19.4 Å². The van der Waals surface area contributed by atoms with Crippen molar-refractivity contribution in [3.05, 3.63) is 18.0 Å². The van der Waals surface area contributed by atoms with Gasteiger partial charge in [0.25, 0.3) is 5.91 Å². The minimum atomic E-state index is -4.42. The molecule has 0 spiro atoms. The van der Waals surface area contributed by atoms with Gasteiger partial charge >= 0.3 is 12.2 Å². The Balaban J connectivity index is 2.25. The van der Waals surface area contributed by atoms with Crippen LogP contribution in [0.1, 0.15) is 29.8 Å². The Morgan fingerprint density at radius 3 is 2.85 bits per heavy atom. The first-order valence-electron chi connectivity index (χ1n) is 6.18. The summed E-state index contributed by atoms with van der Waals surface area (Å²) in [5, 5.41) is 0. The van der Waals surface area contributed by atoms with Gasteiger partial charge in [-0.15, -0.1) is 0 Å². The van der Waals surface area contributed by atoms with E-state index in [0.29, 0.717) is 12.8 Å². The molecule has 110 valence electrons. The second-order valence-corrected chi connectivity index (χ2v) is 4.48. The minimum Gasteiger partial charge on any atom is -0.467 e. The van der Waals surface area contributed by atoms with Crippen LogP contribution in [0.5, 0.6) is 6.01 Å². The average Bonchev–Trinajstić information content (AvgIpc) is 2.45. The number of ether oxygens (including phenoxy) is 1. The molecule has 0 radical (unpaired) electrons. The minimum absolute atomic E-state index is 0.0450. The summed E-state index contributed by atoms with van der Waals surface area (Å²) in [6.07, 6.45) is -2.20. The summed E-state index contributed by atoms with van der Waals surface area (Å²) in [5.74, 6) is -0.743. The van der Waals surface area contributed by atoms with Crippen molar-refractivity contribution in [2.45, 2.75) is 31.5 Å². The lowest BCUT2D eigenvalue weighted by Crippen LogP contribution is -2.51. The van der Waals surface area contributed by atoms with E-state index < -0.39 is 18.1 Å². The summed E-state index contributed by atoms with van der Waals surface area (Å²) in [4.78, 5) is 20.6. The van der Waals surface area contributed by atoms with Crippen molar-refractivity contribution < 1.29 is 22.7 Å². The van der Waals surface area contributed by atoms with Gasteiger partial charge in [-0.25, -0.2) is 4.98 Å². The number of hydrogen-bond donors (Lipinski definition) is 0. The van der Waals surface area contributed by atoms with E-state index >= 15 is 0 Å². The van der Waals surface area contributed by atoms with Crippen LogP contribution in [0.4, 0.5) is 13.2 Å². The topological polar surface area (TPSA) is 55.3 Å². The molecule has 0 aliphatic carbocycles. The molecule has 1 aromatic heterocycles. The van der Waals surface area contributed by atoms with Crippen molar-refractivity contribution in [1.82, 2.24) is 14.9 Å². The number of likely N-dealkylation sites (tertiary alicyclic amines) is 1. The molecule has 20 heavy (non-hydrogen) atoms. The molecule has 1 aliphatic heterocycles. The number of piperidine rings is 1. The van der Waals surface area contributed by atoms with Gasteiger partial charge in [-0.05, 0) is 25.3 Å². The fourth-order valence-electron chi connectivity index (χ4n) is 2.22. The van der Waals surface area contributed by atoms with E-state index in [1.807, 2.05) is 0 Å². The van der Waals surface area contributed by atoms with Crippen LogP contribution >= 0.6 is 0 Å². The maximum atomic E-state index is 13.0. The lowest BCUT2D eigenvalue weighted by atomic mass is 10.0. The van der Waals surface area contributed by atoms with E-state index in [0.717, 1.165) is 4.90 Å². The number of carbonyl (C=O) groups is 1. The van der Waals surface area contributed by atoms with Crippen molar-refractivity contribution in [1.29, 1.82) is 0 Å². The fraction of sp³-hybridized carbons (Fsp3) is 0.583. The number of hydrogen-bond acceptors (Lipinski definition) is 4. The third-order valence-corrected chi connectivity index (χ3v) is 3.18. The van der Waals surface area contributed by atoms with Crippen LogP contribution in [-0.2, 0) is 0 Å². The van der Waals surface area contributed by atoms with Crippen molar-refractivity contribution in [2.75, 3.05) is 13.7 Å². The lowest BCUT2D eigenvalue weighted by molar-refractivity contribution is -0.183. The molecule has 1 fully saturated rings. The van der Waals surface area contributed by atoms with Gasteiger partial charge in [-0.3, -0.25) is 4.79 Å². The molecule has 1 atom stereocenters. The predicted molar refractivity (Wildman–Crippen MR) is 63.3 cm³/mol. The molecule has 1 aromatic rings. The Morgan fingerprint density at radius 1 is 1.45 bits per heavy atom. The predicted octanol–water partition coefficient (Wildman–Crippen LogP) is 2.04. The van der Waals surface area contributed by atoms with E-state index in [9.17, 15) is 18.0 Å². The maximum absolute atomic E-state index is 13.0. The molecule has 2 heterocycles. The molecule has 1 unspecified atom stereocenters. The second-order valence-electron chi connectivity index (χ2n) is 4.48. The van der Waals surface area contributed by atoms with E-state index in [1.54, 1.807) is 0 Å². The molecular weight excluding hydrogens is 275 g/mol. The van der Waals surface area contributed by atoms with E-state index in [4.69, 9.17) is 4.74 Å². The van der Waals surface area contributed by atoms with Crippen LogP contribution in [0.3, 0.4) is 0 Å². The normalized spacial score (nSPS) is 19.8. The van der Waals surface area contributed by atoms with Crippen LogP contribution in [0.2, 0.25) is 0 Å². The Morgan fingerprint density at radius 2 is 2.20 bits per heavy atom. The summed E-state index contributed by atoms with van der Waals surface area (Å²) in [6, 6.07) is -0.506. The standard InChI is InChI=1S/C12H14F3N3O2/c1-20-11-16-6-5-8(17-11)10(19)18-7-3-2-4-9(18)12(13,14)15/h5-6,9H,2-4,7H2,1H3. The first-order chi connectivity index (χ1) is 9.43. The van der Waals surface area contributed by atoms with Crippen molar-refractivity contribution in [3.8, 4) is 6.01 Å². The SMILES string of the molecule is COc1nccc(C(=O)N2CCCCC2C(F)(F)F)n1. The zero-order valence-corrected chi connectivity index (χ0v) is 10.9. The molecule has 0 bridgehead atoms. The number of methoxy groups -OCH3 is 1. The number of aromatic nitrogens is 2. The summed E-state index contributed by atoms with van der Waals surface area (Å²) in [7, 11) is 1.32. The van der Waals surface area contributed by atoms with Gasteiger partial charge in [-0.1, -0.05) is 0 Å². The molecule has 0 aromatic carbocycles. The molecule has 0 saturated carbocycles. The highest BCUT2D eigenvalue weighted by Gasteiger charge is 2.46. The Kier molecular flexibility index (Phi) is 4.10. The number of alkyl halides is 3. The van der Waals surface area contributed by atoms with Gasteiger partial charge in [0.15, 0.2) is 0 Å². The summed E-state index contributed by atoms with van der Waals surface area (Å²) < 4.78 is 43.7. The molecule has 8 heteroatoms. The molecule has 1 saturated heterocycles. The van der Waals surface area contributed by atoms with E-state index in [-0.39, 0.29) is 24.7 Å². The van der Waals surface area contributed by atoms with Crippen LogP contribution in [0.15, 0.2) is 12.3 Å². The number of halogens is 3. The lowest BCUT2D eigenvalue weighted by Gasteiger charge is -2.36. The second kappa shape index (κ2) is 5.64. The van der Waals surface area contributed by atoms with Crippen molar-refractivity contribution in [3.63, 3.8) is 0 Å². The highest BCUT2D eigenvalue weighted by molar-refractivity contribution is 5.92. The average molecular weight is 289 g/mol. The quantitative estimate of drug-likeness (QED) is 0.836. The van der Waals surface area contributed by atoms with Crippen molar-refractivity contribution in [2.24, 2.45) is 0 Å². The molecular formula is C12H14F3N3O2. The number of carbonyl (C=O) groups excluding carboxylic acids is 1. The Labute approximate surface area is 113 Å². The maximum Gasteiger partial charge on any atom is 0.408 e. The molecule has 1 aliphatic rings. The third-order valence-electron chi connectivity index (χ3n) is 3.18. The summed E-state index contributed by atoms with van der Waals surface area (Å²) in [5.41, 5.74) is -0.0898. The zero-order valence-electron chi connectivity index (χ0n) is 10.9. The number of amides is 1. The van der Waals surface area contributed by atoms with Gasteiger partial charge in [0.2, 0.25) is 0 Å². The molecule has 2 rings (SSSR count). The van der Waals surface area contributed by atoms with Crippen molar-refractivity contribution >= 4 is 5.91 Å². The van der Waals surface area contributed by atoms with Crippen LogP contribution in [-0.4, -0.2) is 46.6 Å². The number of nitrogens with zero attached hydrogens (tertiary/aromatic N) is 3. The van der Waals surface area contributed by atoms with Gasteiger partial charge in [0.1, 0.15) is 11.7 Å². The highest BCUT2D eigenvalue weighted by Crippen LogP contribution is 2.32. The summed E-state index contributed by atoms with van der Waals surface area (Å²) in [6.45, 7) is 0.0787. The molecule has 5 nitrogen and oxygen atoms in total. The smallest absolute Gasteiger partial charge is 0.408 e. The third kappa shape index (κ3) is 3.00. The van der Waals surface area contributed by atoms with Gasteiger partial charge in [0, 0.05) is 12.7 Å². The fourth-order valence-corrected chi connectivity index (χ4v) is 2.22. The Hall–Kier alpha value is -1.86. The highest BCUT2D eigenvalue weighted by atomic mass is 19.4. The van der Waals surface area contributed by atoms with E-state index in [2.05, 4.69) is 9.97 Å². The summed E-state index contributed by atoms with van der Waals surface area (Å²) >= 11 is 0. The van der Waals surface area contributed by atoms with Gasteiger partial charge in [0.05, 0.1) is 7.11 Å². The Bertz CT molecular complexity index is 493. The van der Waals surface area contributed by atoms with Crippen LogP contribution in [0.25, 0.3) is 0 Å². The first kappa shape index (κ1) is 14.5. The largest absolute Gasteiger partial charge is 0.467 e. The van der Waals surface area contributed by atoms with Crippen LogP contribution in [0, 0.1) is 0 Å².